The Bertz CT molecular complexity index is 553. The molecular weight excluding hydrogens is 238 g/mol. The smallest absolute Gasteiger partial charge is 0.336 e. The lowest BCUT2D eigenvalue weighted by atomic mass is 10.2. The zero-order valence-corrected chi connectivity index (χ0v) is 10.0. The predicted molar refractivity (Wildman–Crippen MR) is 68.0 cm³/mol. The van der Waals surface area contributed by atoms with Gasteiger partial charge in [-0.05, 0) is 30.7 Å². The minimum Gasteiger partial charge on any atom is -0.423 e. The molecule has 2 rings (SSSR count). The molecule has 0 aliphatic rings. The molecule has 0 aliphatic carbocycles. The number of thioether (sulfide) groups is 1. The first kappa shape index (κ1) is 12.2. The van der Waals surface area contributed by atoms with E-state index in [0.29, 0.717) is 12.2 Å². The van der Waals surface area contributed by atoms with E-state index in [2.05, 4.69) is 4.84 Å². The second-order valence-electron chi connectivity index (χ2n) is 3.53. The number of rotatable bonds is 5. The Hall–Kier alpha value is -1.30. The summed E-state index contributed by atoms with van der Waals surface area (Å²) in [5, 5.41) is 0.935. The topological polar surface area (TPSA) is 65.5 Å². The van der Waals surface area contributed by atoms with Gasteiger partial charge in [0.15, 0.2) is 0 Å². The van der Waals surface area contributed by atoms with Gasteiger partial charge in [0.2, 0.25) is 0 Å². The van der Waals surface area contributed by atoms with Gasteiger partial charge in [0.25, 0.3) is 0 Å². The van der Waals surface area contributed by atoms with Crippen LogP contribution in [0.4, 0.5) is 0 Å². The molecule has 0 bridgehead atoms. The number of benzene rings is 1. The highest BCUT2D eigenvalue weighted by atomic mass is 32.2. The maximum Gasteiger partial charge on any atom is 0.336 e. The molecule has 5 heteroatoms. The average Bonchev–Trinajstić information content (AvgIpc) is 2.35. The predicted octanol–water partition coefficient (Wildman–Crippen LogP) is 2.17. The molecule has 0 amide bonds. The quantitative estimate of drug-likeness (QED) is 0.382. The molecule has 0 radical (unpaired) electrons. The molecule has 0 saturated carbocycles. The van der Waals surface area contributed by atoms with Crippen LogP contribution in [0.5, 0.6) is 0 Å². The first-order valence-electron chi connectivity index (χ1n) is 5.28. The molecule has 17 heavy (non-hydrogen) atoms. The summed E-state index contributed by atoms with van der Waals surface area (Å²) < 4.78 is 5.06. The summed E-state index contributed by atoms with van der Waals surface area (Å²) >= 11 is 1.72. The maximum atomic E-state index is 11.0. The van der Waals surface area contributed by atoms with Crippen molar-refractivity contribution in [2.45, 2.75) is 11.3 Å². The second kappa shape index (κ2) is 5.86. The number of hydrogen-bond acceptors (Lipinski definition) is 5. The summed E-state index contributed by atoms with van der Waals surface area (Å²) in [6.07, 6.45) is 0.906. The van der Waals surface area contributed by atoms with E-state index in [1.165, 1.54) is 6.07 Å². The van der Waals surface area contributed by atoms with Crippen LogP contribution in [0.15, 0.2) is 44.4 Å². The first-order chi connectivity index (χ1) is 8.29. The molecular formula is C12H13NO3S. The van der Waals surface area contributed by atoms with Crippen LogP contribution in [0, 0.1) is 0 Å². The number of nitrogens with two attached hydrogens (primary N) is 1. The largest absolute Gasteiger partial charge is 0.423 e. The molecule has 0 aliphatic heterocycles. The Morgan fingerprint density at radius 1 is 1.29 bits per heavy atom. The van der Waals surface area contributed by atoms with Crippen molar-refractivity contribution in [2.24, 2.45) is 5.90 Å². The van der Waals surface area contributed by atoms with Gasteiger partial charge in [0, 0.05) is 22.1 Å². The zero-order chi connectivity index (χ0) is 12.1. The molecule has 1 heterocycles. The van der Waals surface area contributed by atoms with E-state index >= 15 is 0 Å². The summed E-state index contributed by atoms with van der Waals surface area (Å²) in [6.45, 7) is 0.565. The van der Waals surface area contributed by atoms with E-state index in [4.69, 9.17) is 10.3 Å². The average molecular weight is 251 g/mol. The van der Waals surface area contributed by atoms with Gasteiger partial charge in [0.1, 0.15) is 5.58 Å². The molecule has 0 spiro atoms. The Morgan fingerprint density at radius 3 is 3.00 bits per heavy atom. The molecule has 0 saturated heterocycles. The maximum absolute atomic E-state index is 11.0. The van der Waals surface area contributed by atoms with Crippen LogP contribution in [0.25, 0.3) is 11.0 Å². The Labute approximate surface area is 103 Å². The van der Waals surface area contributed by atoms with Gasteiger partial charge in [-0.15, -0.1) is 11.8 Å². The summed E-state index contributed by atoms with van der Waals surface area (Å²) in [4.78, 5) is 16.7. The van der Waals surface area contributed by atoms with E-state index < -0.39 is 0 Å². The minimum atomic E-state index is -0.321. The fraction of sp³-hybridized carbons (Fsp3) is 0.250. The van der Waals surface area contributed by atoms with Crippen molar-refractivity contribution in [2.75, 3.05) is 12.4 Å². The number of fused-ring (bicyclic) bond motifs is 1. The molecule has 0 unspecified atom stereocenters. The lowest BCUT2D eigenvalue weighted by Crippen LogP contribution is -2.01. The molecule has 4 nitrogen and oxygen atoms in total. The molecule has 1 aromatic heterocycles. The van der Waals surface area contributed by atoms with Crippen molar-refractivity contribution in [3.63, 3.8) is 0 Å². The third kappa shape index (κ3) is 3.33. The molecule has 0 fully saturated rings. The van der Waals surface area contributed by atoms with E-state index in [0.717, 1.165) is 22.5 Å². The van der Waals surface area contributed by atoms with Gasteiger partial charge in [-0.1, -0.05) is 0 Å². The standard InChI is InChI=1S/C12H13NO3S/c13-15-6-1-7-17-10-3-4-11-9(8-10)2-5-12(14)16-11/h2-5,8H,1,6-7,13H2. The van der Waals surface area contributed by atoms with Crippen LogP contribution in [-0.4, -0.2) is 12.4 Å². The molecule has 90 valence electrons. The highest BCUT2D eigenvalue weighted by Crippen LogP contribution is 2.23. The van der Waals surface area contributed by atoms with Gasteiger partial charge in [0.05, 0.1) is 6.61 Å². The summed E-state index contributed by atoms with van der Waals surface area (Å²) in [5.74, 6) is 5.89. The minimum absolute atomic E-state index is 0.321. The fourth-order valence-corrected chi connectivity index (χ4v) is 2.34. The van der Waals surface area contributed by atoms with Crippen molar-refractivity contribution < 1.29 is 9.25 Å². The monoisotopic (exact) mass is 251 g/mol. The fourth-order valence-electron chi connectivity index (χ4n) is 1.47. The van der Waals surface area contributed by atoms with Crippen molar-refractivity contribution >= 4 is 22.7 Å². The number of hydrogen-bond donors (Lipinski definition) is 1. The van der Waals surface area contributed by atoms with E-state index in [-0.39, 0.29) is 5.63 Å². The SMILES string of the molecule is NOCCCSc1ccc2oc(=O)ccc2c1. The van der Waals surface area contributed by atoms with E-state index in [1.807, 2.05) is 18.2 Å². The summed E-state index contributed by atoms with van der Waals surface area (Å²) in [5.41, 5.74) is 0.296. The molecule has 0 atom stereocenters. The van der Waals surface area contributed by atoms with Gasteiger partial charge in [-0.2, -0.15) is 0 Å². The summed E-state index contributed by atoms with van der Waals surface area (Å²) in [6, 6.07) is 8.97. The van der Waals surface area contributed by atoms with Crippen LogP contribution >= 0.6 is 11.8 Å². The highest BCUT2D eigenvalue weighted by molar-refractivity contribution is 7.99. The Balaban J connectivity index is 2.09. The van der Waals surface area contributed by atoms with Crippen molar-refractivity contribution in [3.05, 3.63) is 40.8 Å². The van der Waals surface area contributed by atoms with Gasteiger partial charge < -0.3 is 9.25 Å². The molecule has 2 aromatic rings. The van der Waals surface area contributed by atoms with Crippen molar-refractivity contribution in [1.82, 2.24) is 0 Å². The van der Waals surface area contributed by atoms with Crippen molar-refractivity contribution in [1.29, 1.82) is 0 Å². The van der Waals surface area contributed by atoms with Gasteiger partial charge >= 0.3 is 5.63 Å². The van der Waals surface area contributed by atoms with Crippen LogP contribution in [-0.2, 0) is 4.84 Å². The van der Waals surface area contributed by atoms with Crippen LogP contribution in [0.1, 0.15) is 6.42 Å². The zero-order valence-electron chi connectivity index (χ0n) is 9.22. The van der Waals surface area contributed by atoms with E-state index in [9.17, 15) is 4.79 Å². The molecule has 2 N–H and O–H groups in total. The van der Waals surface area contributed by atoms with Crippen LogP contribution in [0.3, 0.4) is 0 Å². The van der Waals surface area contributed by atoms with Crippen LogP contribution in [0.2, 0.25) is 0 Å². The molecule has 1 aromatic carbocycles. The lowest BCUT2D eigenvalue weighted by molar-refractivity contribution is 0.139. The Morgan fingerprint density at radius 2 is 2.18 bits per heavy atom. The third-order valence-corrected chi connectivity index (χ3v) is 3.35. The third-order valence-electron chi connectivity index (χ3n) is 2.27. The van der Waals surface area contributed by atoms with E-state index in [1.54, 1.807) is 17.8 Å². The Kier molecular flexibility index (Phi) is 4.19. The van der Waals surface area contributed by atoms with Gasteiger partial charge in [-0.3, -0.25) is 0 Å². The van der Waals surface area contributed by atoms with Crippen LogP contribution < -0.4 is 11.5 Å². The lowest BCUT2D eigenvalue weighted by Gasteiger charge is -2.02. The second-order valence-corrected chi connectivity index (χ2v) is 4.70. The van der Waals surface area contributed by atoms with Crippen molar-refractivity contribution in [3.8, 4) is 0 Å². The summed E-state index contributed by atoms with van der Waals surface area (Å²) in [7, 11) is 0. The highest BCUT2D eigenvalue weighted by Gasteiger charge is 1.99. The first-order valence-corrected chi connectivity index (χ1v) is 6.26. The normalized spacial score (nSPS) is 10.9. The van der Waals surface area contributed by atoms with Gasteiger partial charge in [-0.25, -0.2) is 10.7 Å².